The van der Waals surface area contributed by atoms with E-state index in [-0.39, 0.29) is 5.69 Å². The van der Waals surface area contributed by atoms with Gasteiger partial charge in [0, 0.05) is 18.8 Å². The van der Waals surface area contributed by atoms with Crippen molar-refractivity contribution in [3.05, 3.63) is 70.4 Å². The third-order valence-electron chi connectivity index (χ3n) is 3.33. The van der Waals surface area contributed by atoms with Crippen molar-refractivity contribution in [2.75, 3.05) is 0 Å². The van der Waals surface area contributed by atoms with Crippen LogP contribution in [0.1, 0.15) is 11.3 Å². The van der Waals surface area contributed by atoms with E-state index in [9.17, 15) is 4.79 Å². The number of aryl methyl sites for hydroxylation is 2. The normalized spacial score (nSPS) is 11.5. The standard InChI is InChI=1S/C16H15N3O/c1-12-11-18(2)16(20)19(12)17-10-14-8-5-7-13-6-3-4-9-15(13)14/h3-11H,1-2H3/b17-10+. The second-order valence-electron chi connectivity index (χ2n) is 4.79. The van der Waals surface area contributed by atoms with Gasteiger partial charge in [0.1, 0.15) is 0 Å². The van der Waals surface area contributed by atoms with Crippen LogP contribution >= 0.6 is 0 Å². The smallest absolute Gasteiger partial charge is 0.300 e. The molecular weight excluding hydrogens is 250 g/mol. The summed E-state index contributed by atoms with van der Waals surface area (Å²) < 4.78 is 2.93. The largest absolute Gasteiger partial charge is 0.348 e. The zero-order chi connectivity index (χ0) is 14.1. The average molecular weight is 265 g/mol. The second kappa shape index (κ2) is 4.81. The van der Waals surface area contributed by atoms with Gasteiger partial charge in [0.15, 0.2) is 0 Å². The molecule has 0 saturated carbocycles. The van der Waals surface area contributed by atoms with E-state index in [1.54, 1.807) is 19.5 Å². The highest BCUT2D eigenvalue weighted by molar-refractivity contribution is 5.99. The maximum Gasteiger partial charge on any atom is 0.348 e. The highest BCUT2D eigenvalue weighted by Crippen LogP contribution is 2.16. The molecule has 1 aromatic heterocycles. The SMILES string of the molecule is Cc1cn(C)c(=O)n1/N=C/c1cccc2ccccc12. The molecule has 0 amide bonds. The second-order valence-corrected chi connectivity index (χ2v) is 4.79. The van der Waals surface area contributed by atoms with E-state index in [1.165, 1.54) is 9.24 Å². The molecule has 0 spiro atoms. The number of fused-ring (bicyclic) bond motifs is 1. The highest BCUT2D eigenvalue weighted by Gasteiger charge is 2.03. The topological polar surface area (TPSA) is 39.3 Å². The first-order valence-corrected chi connectivity index (χ1v) is 6.44. The fourth-order valence-corrected chi connectivity index (χ4v) is 2.31. The fourth-order valence-electron chi connectivity index (χ4n) is 2.31. The van der Waals surface area contributed by atoms with E-state index in [4.69, 9.17) is 0 Å². The molecule has 1 heterocycles. The zero-order valence-electron chi connectivity index (χ0n) is 11.4. The van der Waals surface area contributed by atoms with Crippen molar-refractivity contribution < 1.29 is 0 Å². The average Bonchev–Trinajstić information content (AvgIpc) is 2.70. The maximum atomic E-state index is 11.9. The summed E-state index contributed by atoms with van der Waals surface area (Å²) >= 11 is 0. The predicted molar refractivity (Wildman–Crippen MR) is 81.4 cm³/mol. The summed E-state index contributed by atoms with van der Waals surface area (Å²) in [5, 5.41) is 6.59. The number of aromatic nitrogens is 2. The minimum atomic E-state index is -0.140. The molecule has 0 saturated heterocycles. The van der Waals surface area contributed by atoms with Crippen LogP contribution in [0.3, 0.4) is 0 Å². The third-order valence-corrected chi connectivity index (χ3v) is 3.33. The van der Waals surface area contributed by atoms with Crippen molar-refractivity contribution in [1.82, 2.24) is 9.24 Å². The Labute approximate surface area is 116 Å². The summed E-state index contributed by atoms with van der Waals surface area (Å²) in [6.45, 7) is 1.86. The minimum Gasteiger partial charge on any atom is -0.300 e. The summed E-state index contributed by atoms with van der Waals surface area (Å²) in [6, 6.07) is 14.2. The van der Waals surface area contributed by atoms with Crippen molar-refractivity contribution in [1.29, 1.82) is 0 Å². The Morgan fingerprint density at radius 1 is 1.10 bits per heavy atom. The lowest BCUT2D eigenvalue weighted by Gasteiger charge is -2.01. The molecule has 0 N–H and O–H groups in total. The van der Waals surface area contributed by atoms with Crippen LogP contribution in [0, 0.1) is 6.92 Å². The van der Waals surface area contributed by atoms with Gasteiger partial charge in [-0.1, -0.05) is 42.5 Å². The molecule has 0 fully saturated rings. The molecule has 4 heteroatoms. The van der Waals surface area contributed by atoms with Crippen molar-refractivity contribution in [3.63, 3.8) is 0 Å². The molecule has 0 aliphatic heterocycles. The van der Waals surface area contributed by atoms with E-state index in [2.05, 4.69) is 23.3 Å². The van der Waals surface area contributed by atoms with Gasteiger partial charge in [-0.2, -0.15) is 9.78 Å². The molecule has 4 nitrogen and oxygen atoms in total. The molecule has 3 rings (SSSR count). The van der Waals surface area contributed by atoms with Crippen LogP contribution in [0.15, 0.2) is 58.6 Å². The molecule has 20 heavy (non-hydrogen) atoms. The van der Waals surface area contributed by atoms with Crippen molar-refractivity contribution >= 4 is 17.0 Å². The number of imidazole rings is 1. The van der Waals surface area contributed by atoms with E-state index >= 15 is 0 Å². The van der Waals surface area contributed by atoms with Gasteiger partial charge in [-0.15, -0.1) is 0 Å². The molecule has 0 aliphatic rings. The molecule has 0 radical (unpaired) electrons. The Bertz CT molecular complexity index is 850. The molecule has 0 unspecified atom stereocenters. The Balaban J connectivity index is 2.09. The Morgan fingerprint density at radius 3 is 2.60 bits per heavy atom. The van der Waals surface area contributed by atoms with Gasteiger partial charge in [-0.3, -0.25) is 0 Å². The Kier molecular flexibility index (Phi) is 2.99. The third kappa shape index (κ3) is 2.05. The highest BCUT2D eigenvalue weighted by atomic mass is 16.2. The van der Waals surface area contributed by atoms with Crippen molar-refractivity contribution in [2.24, 2.45) is 12.1 Å². The first-order chi connectivity index (χ1) is 9.66. The number of nitrogens with zero attached hydrogens (tertiary/aromatic N) is 3. The van der Waals surface area contributed by atoms with Gasteiger partial charge in [-0.25, -0.2) is 4.79 Å². The van der Waals surface area contributed by atoms with Crippen LogP contribution in [0.5, 0.6) is 0 Å². The van der Waals surface area contributed by atoms with Crippen LogP contribution in [-0.2, 0) is 7.05 Å². The quantitative estimate of drug-likeness (QED) is 0.656. The number of hydrogen-bond acceptors (Lipinski definition) is 2. The number of benzene rings is 2. The van der Waals surface area contributed by atoms with E-state index in [0.717, 1.165) is 22.0 Å². The van der Waals surface area contributed by atoms with E-state index < -0.39 is 0 Å². The molecule has 0 aliphatic carbocycles. The predicted octanol–water partition coefficient (Wildman–Crippen LogP) is 2.53. The molecule has 0 atom stereocenters. The van der Waals surface area contributed by atoms with E-state index in [0.29, 0.717) is 0 Å². The van der Waals surface area contributed by atoms with Gasteiger partial charge in [0.05, 0.1) is 11.9 Å². The number of rotatable bonds is 2. The number of hydrogen-bond donors (Lipinski definition) is 0. The van der Waals surface area contributed by atoms with E-state index in [1.807, 2.05) is 31.2 Å². The first-order valence-electron chi connectivity index (χ1n) is 6.44. The van der Waals surface area contributed by atoms with Gasteiger partial charge >= 0.3 is 5.69 Å². The van der Waals surface area contributed by atoms with Gasteiger partial charge in [-0.05, 0) is 17.7 Å². The van der Waals surface area contributed by atoms with Crippen LogP contribution in [0.2, 0.25) is 0 Å². The van der Waals surface area contributed by atoms with Crippen molar-refractivity contribution in [2.45, 2.75) is 6.92 Å². The monoisotopic (exact) mass is 265 g/mol. The summed E-state index contributed by atoms with van der Waals surface area (Å²) in [4.78, 5) is 11.9. The van der Waals surface area contributed by atoms with Crippen LogP contribution in [0.25, 0.3) is 10.8 Å². The van der Waals surface area contributed by atoms with Gasteiger partial charge in [0.25, 0.3) is 0 Å². The molecule has 0 bridgehead atoms. The summed E-state index contributed by atoms with van der Waals surface area (Å²) in [5.74, 6) is 0. The summed E-state index contributed by atoms with van der Waals surface area (Å²) in [5.41, 5.74) is 1.67. The maximum absolute atomic E-state index is 11.9. The first kappa shape index (κ1) is 12.4. The zero-order valence-corrected chi connectivity index (χ0v) is 11.4. The lowest BCUT2D eigenvalue weighted by molar-refractivity contribution is 0.750. The molecular formula is C16H15N3O. The Morgan fingerprint density at radius 2 is 1.85 bits per heavy atom. The summed E-state index contributed by atoms with van der Waals surface area (Å²) in [6.07, 6.45) is 3.50. The lowest BCUT2D eigenvalue weighted by atomic mass is 10.1. The Hall–Kier alpha value is -2.62. The molecule has 3 aromatic rings. The molecule has 100 valence electrons. The lowest BCUT2D eigenvalue weighted by Crippen LogP contribution is -2.19. The fraction of sp³-hybridized carbons (Fsp3) is 0.125. The molecule has 2 aromatic carbocycles. The van der Waals surface area contributed by atoms with Gasteiger partial charge < -0.3 is 4.57 Å². The van der Waals surface area contributed by atoms with Gasteiger partial charge in [0.2, 0.25) is 0 Å². The van der Waals surface area contributed by atoms with Crippen LogP contribution < -0.4 is 5.69 Å². The minimum absolute atomic E-state index is 0.140. The van der Waals surface area contributed by atoms with Crippen LogP contribution in [0.4, 0.5) is 0 Å². The van der Waals surface area contributed by atoms with Crippen molar-refractivity contribution in [3.8, 4) is 0 Å². The van der Waals surface area contributed by atoms with Crippen LogP contribution in [-0.4, -0.2) is 15.5 Å². The summed E-state index contributed by atoms with van der Waals surface area (Å²) in [7, 11) is 1.72.